The third-order valence-electron chi connectivity index (χ3n) is 2.47. The van der Waals surface area contributed by atoms with Crippen LogP contribution in [0.15, 0.2) is 50.3 Å². The zero-order valence-corrected chi connectivity index (χ0v) is 13.1. The summed E-state index contributed by atoms with van der Waals surface area (Å²) in [5.41, 5.74) is 0.840. The molecule has 2 aromatic carbocycles. The fraction of sp³-hybridized carbons (Fsp3) is 0. The van der Waals surface area contributed by atoms with Gasteiger partial charge in [-0.2, -0.15) is 0 Å². The first-order chi connectivity index (χ1) is 9.47. The van der Waals surface area contributed by atoms with Crippen molar-refractivity contribution < 1.29 is 10.0 Å². The number of phenols is 1. The lowest BCUT2D eigenvalue weighted by Crippen LogP contribution is -1.90. The highest BCUT2D eigenvalue weighted by Crippen LogP contribution is 2.29. The second kappa shape index (κ2) is 6.15. The van der Waals surface area contributed by atoms with E-state index in [-0.39, 0.29) is 17.0 Å². The number of phenolic OH excluding ortho intramolecular Hbond substituents is 1. The van der Waals surface area contributed by atoms with Crippen LogP contribution >= 0.6 is 31.9 Å². The van der Waals surface area contributed by atoms with Crippen molar-refractivity contribution in [1.29, 1.82) is 0 Å². The first kappa shape index (κ1) is 14.7. The van der Waals surface area contributed by atoms with Gasteiger partial charge in [0.25, 0.3) is 5.69 Å². The molecule has 0 unspecified atom stereocenters. The van der Waals surface area contributed by atoms with Crippen molar-refractivity contribution in [3.8, 4) is 5.75 Å². The molecule has 0 amide bonds. The van der Waals surface area contributed by atoms with Gasteiger partial charge in [0.05, 0.1) is 10.6 Å². The number of non-ortho nitro benzene ring substituents is 1. The molecular weight excluding hydrogens is 392 g/mol. The third kappa shape index (κ3) is 3.43. The minimum Gasteiger partial charge on any atom is -0.507 e. The van der Waals surface area contributed by atoms with Crippen LogP contribution in [0.2, 0.25) is 0 Å². The van der Waals surface area contributed by atoms with E-state index in [1.165, 1.54) is 24.4 Å². The Bertz CT molecular complexity index is 702. The lowest BCUT2D eigenvalue weighted by molar-refractivity contribution is -0.384. The third-order valence-corrected chi connectivity index (χ3v) is 3.60. The quantitative estimate of drug-likeness (QED) is 0.466. The molecule has 0 aliphatic carbocycles. The molecule has 5 nitrogen and oxygen atoms in total. The van der Waals surface area contributed by atoms with E-state index >= 15 is 0 Å². The van der Waals surface area contributed by atoms with Gasteiger partial charge in [0.15, 0.2) is 0 Å². The standard InChI is InChI=1S/C13H8Br2N2O3/c14-9-1-3-12(11(15)6-9)16-7-8-5-10(17(19)20)2-4-13(8)18/h1-7,18H. The molecule has 102 valence electrons. The number of nitro benzene ring substituents is 1. The number of benzene rings is 2. The van der Waals surface area contributed by atoms with Crippen molar-refractivity contribution in [3.63, 3.8) is 0 Å². The van der Waals surface area contributed by atoms with E-state index in [0.717, 1.165) is 8.95 Å². The molecule has 0 radical (unpaired) electrons. The molecule has 0 saturated carbocycles. The van der Waals surface area contributed by atoms with E-state index in [4.69, 9.17) is 0 Å². The maximum Gasteiger partial charge on any atom is 0.270 e. The second-order valence-electron chi connectivity index (χ2n) is 3.85. The Labute approximate surface area is 131 Å². The van der Waals surface area contributed by atoms with Gasteiger partial charge >= 0.3 is 0 Å². The first-order valence-corrected chi connectivity index (χ1v) is 7.02. The molecule has 0 heterocycles. The Balaban J connectivity index is 2.35. The number of hydrogen-bond acceptors (Lipinski definition) is 4. The summed E-state index contributed by atoms with van der Waals surface area (Å²) in [6.45, 7) is 0. The van der Waals surface area contributed by atoms with Crippen molar-refractivity contribution in [2.45, 2.75) is 0 Å². The Kier molecular flexibility index (Phi) is 4.51. The molecule has 2 rings (SSSR count). The number of rotatable bonds is 3. The van der Waals surface area contributed by atoms with Crippen molar-refractivity contribution in [2.24, 2.45) is 4.99 Å². The predicted octanol–water partition coefficient (Wildman–Crippen LogP) is 4.58. The van der Waals surface area contributed by atoms with Gasteiger partial charge < -0.3 is 5.11 Å². The number of hydrogen-bond donors (Lipinski definition) is 1. The zero-order valence-electron chi connectivity index (χ0n) is 9.96. The average Bonchev–Trinajstić information content (AvgIpc) is 2.39. The summed E-state index contributed by atoms with van der Waals surface area (Å²) >= 11 is 6.69. The van der Waals surface area contributed by atoms with Gasteiger partial charge in [-0.1, -0.05) is 15.9 Å². The molecule has 0 fully saturated rings. The Morgan fingerprint density at radius 1 is 1.20 bits per heavy atom. The number of aliphatic imine (C=N–C) groups is 1. The van der Waals surface area contributed by atoms with Gasteiger partial charge in [0.2, 0.25) is 0 Å². The van der Waals surface area contributed by atoms with Gasteiger partial charge in [-0.25, -0.2) is 0 Å². The van der Waals surface area contributed by atoms with Crippen LogP contribution in [0.5, 0.6) is 5.75 Å². The second-order valence-corrected chi connectivity index (χ2v) is 5.62. The summed E-state index contributed by atoms with van der Waals surface area (Å²) in [5.74, 6) is -0.0624. The largest absolute Gasteiger partial charge is 0.507 e. The van der Waals surface area contributed by atoms with Crippen molar-refractivity contribution in [2.75, 3.05) is 0 Å². The fourth-order valence-corrected chi connectivity index (χ4v) is 2.63. The summed E-state index contributed by atoms with van der Waals surface area (Å²) < 4.78 is 1.68. The van der Waals surface area contributed by atoms with Crippen LogP contribution in [-0.4, -0.2) is 16.2 Å². The molecule has 7 heteroatoms. The monoisotopic (exact) mass is 398 g/mol. The summed E-state index contributed by atoms with van der Waals surface area (Å²) in [6, 6.07) is 9.22. The molecule has 0 spiro atoms. The highest BCUT2D eigenvalue weighted by atomic mass is 79.9. The molecule has 2 aromatic rings. The smallest absolute Gasteiger partial charge is 0.270 e. The molecule has 0 bridgehead atoms. The Hall–Kier alpha value is -1.73. The van der Waals surface area contributed by atoms with Crippen molar-refractivity contribution >= 4 is 49.4 Å². The van der Waals surface area contributed by atoms with Gasteiger partial charge in [-0.15, -0.1) is 0 Å². The van der Waals surface area contributed by atoms with Crippen molar-refractivity contribution in [1.82, 2.24) is 0 Å². The number of nitro groups is 1. The summed E-state index contributed by atoms with van der Waals surface area (Å²) in [6.07, 6.45) is 1.39. The van der Waals surface area contributed by atoms with Gasteiger partial charge in [-0.3, -0.25) is 15.1 Å². The minimum atomic E-state index is -0.522. The minimum absolute atomic E-state index is 0.0624. The highest BCUT2D eigenvalue weighted by molar-refractivity contribution is 9.11. The van der Waals surface area contributed by atoms with Crippen LogP contribution in [-0.2, 0) is 0 Å². The van der Waals surface area contributed by atoms with Gasteiger partial charge in [0, 0.05) is 32.9 Å². The molecule has 0 aromatic heterocycles. The predicted molar refractivity (Wildman–Crippen MR) is 83.9 cm³/mol. The summed E-state index contributed by atoms with van der Waals surface area (Å²) in [4.78, 5) is 14.4. The molecule has 20 heavy (non-hydrogen) atoms. The number of nitrogens with zero attached hydrogens (tertiary/aromatic N) is 2. The van der Waals surface area contributed by atoms with E-state index < -0.39 is 4.92 Å². The van der Waals surface area contributed by atoms with E-state index in [1.54, 1.807) is 6.07 Å². The van der Waals surface area contributed by atoms with Crippen LogP contribution in [0, 0.1) is 10.1 Å². The maximum atomic E-state index is 10.7. The topological polar surface area (TPSA) is 75.7 Å². The van der Waals surface area contributed by atoms with Crippen LogP contribution in [0.4, 0.5) is 11.4 Å². The Morgan fingerprint density at radius 2 is 1.95 bits per heavy atom. The summed E-state index contributed by atoms with van der Waals surface area (Å²) in [5, 5.41) is 20.4. The maximum absolute atomic E-state index is 10.7. The van der Waals surface area contributed by atoms with E-state index in [0.29, 0.717) is 5.69 Å². The molecule has 0 aliphatic heterocycles. The van der Waals surface area contributed by atoms with E-state index in [2.05, 4.69) is 36.9 Å². The van der Waals surface area contributed by atoms with Crippen LogP contribution in [0.1, 0.15) is 5.56 Å². The van der Waals surface area contributed by atoms with Crippen LogP contribution in [0.25, 0.3) is 0 Å². The van der Waals surface area contributed by atoms with Gasteiger partial charge in [-0.05, 0) is 40.2 Å². The zero-order chi connectivity index (χ0) is 14.7. The SMILES string of the molecule is O=[N+]([O-])c1ccc(O)c(C=Nc2ccc(Br)cc2Br)c1. The lowest BCUT2D eigenvalue weighted by Gasteiger charge is -2.01. The van der Waals surface area contributed by atoms with Crippen LogP contribution in [0.3, 0.4) is 0 Å². The molecular formula is C13H8Br2N2O3. The molecule has 0 atom stereocenters. The highest BCUT2D eigenvalue weighted by Gasteiger charge is 2.08. The van der Waals surface area contributed by atoms with Gasteiger partial charge in [0.1, 0.15) is 5.75 Å². The molecule has 0 saturated heterocycles. The lowest BCUT2D eigenvalue weighted by atomic mass is 10.2. The normalized spacial score (nSPS) is 10.9. The van der Waals surface area contributed by atoms with Crippen LogP contribution < -0.4 is 0 Å². The van der Waals surface area contributed by atoms with Crippen molar-refractivity contribution in [3.05, 3.63) is 61.0 Å². The molecule has 1 N–H and O–H groups in total. The fourth-order valence-electron chi connectivity index (χ4n) is 1.48. The van der Waals surface area contributed by atoms with E-state index in [9.17, 15) is 15.2 Å². The average molecular weight is 400 g/mol. The summed E-state index contributed by atoms with van der Waals surface area (Å²) in [7, 11) is 0. The number of halogens is 2. The first-order valence-electron chi connectivity index (χ1n) is 5.44. The van der Waals surface area contributed by atoms with E-state index in [1.807, 2.05) is 12.1 Å². The number of aromatic hydroxyl groups is 1. The molecule has 0 aliphatic rings. The Morgan fingerprint density at radius 3 is 2.60 bits per heavy atom.